The maximum atomic E-state index is 13.0. The summed E-state index contributed by atoms with van der Waals surface area (Å²) in [6.45, 7) is 2.20. The Morgan fingerprint density at radius 3 is 2.41 bits per heavy atom. The molecule has 0 bridgehead atoms. The fourth-order valence-electron chi connectivity index (χ4n) is 2.98. The van der Waals surface area contributed by atoms with Gasteiger partial charge in [-0.2, -0.15) is 0 Å². The van der Waals surface area contributed by atoms with Crippen molar-refractivity contribution in [2.24, 2.45) is 0 Å². The Morgan fingerprint density at radius 2 is 1.69 bits per heavy atom. The normalized spacial score (nSPS) is 10.4. The van der Waals surface area contributed by atoms with E-state index >= 15 is 0 Å². The number of ether oxygens (including phenoxy) is 2. The average molecular weight is 393 g/mol. The number of nitrogens with zero attached hydrogens (tertiary/aromatic N) is 1. The molecule has 0 N–H and O–H groups in total. The number of carbonyl (C=O) groups is 2. The van der Waals surface area contributed by atoms with Gasteiger partial charge in [0.25, 0.3) is 5.91 Å². The van der Waals surface area contributed by atoms with Crippen molar-refractivity contribution < 1.29 is 23.5 Å². The minimum atomic E-state index is -0.463. The van der Waals surface area contributed by atoms with Crippen molar-refractivity contribution in [3.63, 3.8) is 0 Å². The number of amides is 1. The van der Waals surface area contributed by atoms with Crippen molar-refractivity contribution >= 4 is 11.9 Å². The third-order valence-electron chi connectivity index (χ3n) is 4.50. The fourth-order valence-corrected chi connectivity index (χ4v) is 2.98. The topological polar surface area (TPSA) is 69.0 Å². The maximum absolute atomic E-state index is 13.0. The lowest BCUT2D eigenvalue weighted by Crippen LogP contribution is -2.27. The third-order valence-corrected chi connectivity index (χ3v) is 4.50. The van der Waals surface area contributed by atoms with Gasteiger partial charge < -0.3 is 18.8 Å². The molecule has 1 heterocycles. The van der Waals surface area contributed by atoms with Gasteiger partial charge in [-0.3, -0.25) is 4.79 Å². The monoisotopic (exact) mass is 393 g/mol. The van der Waals surface area contributed by atoms with Crippen LogP contribution in [0.15, 0.2) is 65.1 Å². The van der Waals surface area contributed by atoms with E-state index in [1.165, 1.54) is 7.11 Å². The highest BCUT2D eigenvalue weighted by molar-refractivity contribution is 5.95. The van der Waals surface area contributed by atoms with Gasteiger partial charge in [0.1, 0.15) is 29.4 Å². The molecule has 3 aromatic rings. The summed E-state index contributed by atoms with van der Waals surface area (Å²) in [5.74, 6) is 1.09. The van der Waals surface area contributed by atoms with Crippen molar-refractivity contribution in [2.45, 2.75) is 20.1 Å². The molecule has 29 heavy (non-hydrogen) atoms. The molecule has 0 radical (unpaired) electrons. The summed E-state index contributed by atoms with van der Waals surface area (Å²) in [7, 11) is 3.01. The quantitative estimate of drug-likeness (QED) is 0.562. The summed E-state index contributed by atoms with van der Waals surface area (Å²) < 4.78 is 16.1. The lowest BCUT2D eigenvalue weighted by Gasteiger charge is -2.18. The molecule has 0 unspecified atom stereocenters. The number of aryl methyl sites for hydroxylation is 1. The molecule has 0 aliphatic carbocycles. The zero-order valence-corrected chi connectivity index (χ0v) is 16.7. The predicted octanol–water partition coefficient (Wildman–Crippen LogP) is 4.23. The van der Waals surface area contributed by atoms with Gasteiger partial charge in [0.15, 0.2) is 0 Å². The Morgan fingerprint density at radius 1 is 1.00 bits per heavy atom. The Hall–Kier alpha value is -3.54. The van der Waals surface area contributed by atoms with Crippen LogP contribution in [0.25, 0.3) is 0 Å². The first-order chi connectivity index (χ1) is 14.0. The van der Waals surface area contributed by atoms with Crippen LogP contribution in [0.1, 0.15) is 37.8 Å². The number of hydrogen-bond donors (Lipinski definition) is 0. The van der Waals surface area contributed by atoms with Crippen LogP contribution in [-0.2, 0) is 17.9 Å². The number of furan rings is 1. The highest BCUT2D eigenvalue weighted by Gasteiger charge is 2.20. The SMILES string of the molecule is COC(=O)c1cc(CN(C)C(=O)c2ccccc2COc2ccccc2)oc1C. The Balaban J connectivity index is 1.72. The van der Waals surface area contributed by atoms with Gasteiger partial charge >= 0.3 is 5.97 Å². The summed E-state index contributed by atoms with van der Waals surface area (Å²) in [4.78, 5) is 26.3. The molecule has 0 spiro atoms. The van der Waals surface area contributed by atoms with Crippen LogP contribution in [0.5, 0.6) is 5.75 Å². The molecule has 2 aromatic carbocycles. The molecule has 1 aromatic heterocycles. The van der Waals surface area contributed by atoms with Crippen LogP contribution >= 0.6 is 0 Å². The average Bonchev–Trinajstić information content (AvgIpc) is 3.12. The van der Waals surface area contributed by atoms with Crippen molar-refractivity contribution in [1.29, 1.82) is 0 Å². The fraction of sp³-hybridized carbons (Fsp3) is 0.217. The second-order valence-electron chi connectivity index (χ2n) is 6.59. The molecule has 0 fully saturated rings. The van der Waals surface area contributed by atoms with Crippen molar-refractivity contribution in [3.05, 3.63) is 88.9 Å². The van der Waals surface area contributed by atoms with Gasteiger partial charge in [-0.25, -0.2) is 4.79 Å². The molecule has 150 valence electrons. The number of benzene rings is 2. The van der Waals surface area contributed by atoms with Crippen LogP contribution in [0.2, 0.25) is 0 Å². The van der Waals surface area contributed by atoms with Crippen molar-refractivity contribution in [3.8, 4) is 5.75 Å². The van der Waals surface area contributed by atoms with E-state index in [1.807, 2.05) is 48.5 Å². The van der Waals surface area contributed by atoms with E-state index in [9.17, 15) is 9.59 Å². The van der Waals surface area contributed by atoms with Crippen LogP contribution < -0.4 is 4.74 Å². The summed E-state index contributed by atoms with van der Waals surface area (Å²) >= 11 is 0. The molecule has 0 aliphatic heterocycles. The second-order valence-corrected chi connectivity index (χ2v) is 6.59. The van der Waals surface area contributed by atoms with Crippen LogP contribution in [0.4, 0.5) is 0 Å². The molecule has 0 saturated heterocycles. The summed E-state index contributed by atoms with van der Waals surface area (Å²) in [5, 5.41) is 0. The standard InChI is InChI=1S/C23H23NO5/c1-16-21(23(26)27-3)13-19(29-16)14-24(2)22(25)20-12-8-7-9-17(20)15-28-18-10-5-4-6-11-18/h4-13H,14-15H2,1-3H3. The van der Waals surface area contributed by atoms with E-state index < -0.39 is 5.97 Å². The van der Waals surface area contributed by atoms with Gasteiger partial charge in [0, 0.05) is 18.2 Å². The molecule has 0 atom stereocenters. The molecule has 6 heteroatoms. The first-order valence-corrected chi connectivity index (χ1v) is 9.18. The minimum absolute atomic E-state index is 0.161. The molecular weight excluding hydrogens is 370 g/mol. The first-order valence-electron chi connectivity index (χ1n) is 9.18. The lowest BCUT2D eigenvalue weighted by atomic mass is 10.1. The van der Waals surface area contributed by atoms with E-state index in [1.54, 1.807) is 31.0 Å². The Bertz CT molecular complexity index is 994. The number of hydrogen-bond acceptors (Lipinski definition) is 5. The van der Waals surface area contributed by atoms with Gasteiger partial charge in [-0.1, -0.05) is 36.4 Å². The smallest absolute Gasteiger partial charge is 0.341 e. The molecule has 3 rings (SSSR count). The summed E-state index contributed by atoms with van der Waals surface area (Å²) in [6, 6.07) is 18.4. The van der Waals surface area contributed by atoms with Crippen molar-refractivity contribution in [1.82, 2.24) is 4.90 Å². The third kappa shape index (κ3) is 4.85. The number of para-hydroxylation sites is 1. The van der Waals surface area contributed by atoms with Crippen molar-refractivity contribution in [2.75, 3.05) is 14.2 Å². The molecular formula is C23H23NO5. The van der Waals surface area contributed by atoms with Gasteiger partial charge in [-0.15, -0.1) is 0 Å². The molecule has 0 aliphatic rings. The summed E-state index contributed by atoms with van der Waals surface area (Å²) in [5.41, 5.74) is 1.71. The zero-order valence-electron chi connectivity index (χ0n) is 16.7. The van der Waals surface area contributed by atoms with Crippen LogP contribution in [-0.4, -0.2) is 30.9 Å². The Kier molecular flexibility index (Phi) is 6.34. The molecule has 1 amide bonds. The maximum Gasteiger partial charge on any atom is 0.341 e. The zero-order chi connectivity index (χ0) is 20.8. The summed E-state index contributed by atoms with van der Waals surface area (Å²) in [6.07, 6.45) is 0. The van der Waals surface area contributed by atoms with E-state index in [4.69, 9.17) is 13.9 Å². The first kappa shape index (κ1) is 20.2. The molecule has 0 saturated carbocycles. The number of methoxy groups -OCH3 is 1. The highest BCUT2D eigenvalue weighted by Crippen LogP contribution is 2.20. The molecule has 6 nitrogen and oxygen atoms in total. The van der Waals surface area contributed by atoms with E-state index in [0.29, 0.717) is 22.6 Å². The number of esters is 1. The number of carbonyl (C=O) groups excluding carboxylic acids is 2. The van der Waals surface area contributed by atoms with E-state index in [0.717, 1.165) is 11.3 Å². The van der Waals surface area contributed by atoms with Gasteiger partial charge in [0.05, 0.1) is 13.7 Å². The van der Waals surface area contributed by atoms with Gasteiger partial charge in [-0.05, 0) is 31.2 Å². The number of rotatable bonds is 7. The van der Waals surface area contributed by atoms with Crippen LogP contribution in [0, 0.1) is 6.92 Å². The predicted molar refractivity (Wildman–Crippen MR) is 108 cm³/mol. The Labute approximate surface area is 169 Å². The lowest BCUT2D eigenvalue weighted by molar-refractivity contribution is 0.0598. The highest BCUT2D eigenvalue weighted by atomic mass is 16.5. The minimum Gasteiger partial charge on any atom is -0.489 e. The van der Waals surface area contributed by atoms with E-state index in [2.05, 4.69) is 0 Å². The second kappa shape index (κ2) is 9.10. The van der Waals surface area contributed by atoms with E-state index in [-0.39, 0.29) is 19.1 Å². The van der Waals surface area contributed by atoms with Crippen LogP contribution in [0.3, 0.4) is 0 Å². The largest absolute Gasteiger partial charge is 0.489 e. The van der Waals surface area contributed by atoms with Gasteiger partial charge in [0.2, 0.25) is 0 Å².